The van der Waals surface area contributed by atoms with Gasteiger partial charge in [0.15, 0.2) is 5.82 Å². The zero-order valence-electron chi connectivity index (χ0n) is 12.6. The summed E-state index contributed by atoms with van der Waals surface area (Å²) in [6.45, 7) is 4.47. The van der Waals surface area contributed by atoms with Crippen molar-refractivity contribution in [1.29, 1.82) is 0 Å². The highest BCUT2D eigenvalue weighted by molar-refractivity contribution is 5.62. The molecule has 1 atom stereocenters. The SMILES string of the molecule is CCCCC(CC)Nc1cccc(-c2nncn2C)c1. The van der Waals surface area contributed by atoms with Gasteiger partial charge in [-0.25, -0.2) is 0 Å². The van der Waals surface area contributed by atoms with E-state index in [-0.39, 0.29) is 0 Å². The Morgan fingerprint density at radius 2 is 2.15 bits per heavy atom. The molecule has 4 heteroatoms. The summed E-state index contributed by atoms with van der Waals surface area (Å²) < 4.78 is 1.94. The first-order valence-corrected chi connectivity index (χ1v) is 7.45. The number of benzene rings is 1. The van der Waals surface area contributed by atoms with E-state index in [1.165, 1.54) is 19.3 Å². The fourth-order valence-corrected chi connectivity index (χ4v) is 2.36. The molecule has 1 aromatic carbocycles. The molecule has 108 valence electrons. The molecule has 4 nitrogen and oxygen atoms in total. The van der Waals surface area contributed by atoms with Gasteiger partial charge in [-0.15, -0.1) is 10.2 Å². The van der Waals surface area contributed by atoms with Crippen molar-refractivity contribution in [3.63, 3.8) is 0 Å². The molecule has 1 unspecified atom stereocenters. The second-order valence-electron chi connectivity index (χ2n) is 5.24. The quantitative estimate of drug-likeness (QED) is 0.832. The van der Waals surface area contributed by atoms with Crippen LogP contribution in [0.4, 0.5) is 5.69 Å². The van der Waals surface area contributed by atoms with Gasteiger partial charge in [-0.3, -0.25) is 0 Å². The second-order valence-corrected chi connectivity index (χ2v) is 5.24. The second kappa shape index (κ2) is 7.08. The van der Waals surface area contributed by atoms with E-state index in [0.29, 0.717) is 6.04 Å². The third kappa shape index (κ3) is 3.59. The first kappa shape index (κ1) is 14.6. The Hall–Kier alpha value is -1.84. The molecule has 0 bridgehead atoms. The standard InChI is InChI=1S/C16H24N4/c1-4-6-9-14(5-2)18-15-10-7-8-13(11-15)16-19-17-12-20(16)3/h7-8,10-12,14,18H,4-6,9H2,1-3H3. The Bertz CT molecular complexity index is 533. The Labute approximate surface area is 121 Å². The van der Waals surface area contributed by atoms with Gasteiger partial charge >= 0.3 is 0 Å². The average Bonchev–Trinajstić information content (AvgIpc) is 2.90. The van der Waals surface area contributed by atoms with Crippen molar-refractivity contribution in [2.75, 3.05) is 5.32 Å². The highest BCUT2D eigenvalue weighted by Gasteiger charge is 2.08. The third-order valence-electron chi connectivity index (χ3n) is 3.60. The molecule has 1 aromatic heterocycles. The van der Waals surface area contributed by atoms with Gasteiger partial charge in [0.1, 0.15) is 6.33 Å². The molecule has 2 rings (SSSR count). The molecule has 0 aliphatic heterocycles. The van der Waals surface area contributed by atoms with Crippen molar-refractivity contribution < 1.29 is 0 Å². The number of aryl methyl sites for hydroxylation is 1. The number of hydrogen-bond donors (Lipinski definition) is 1. The summed E-state index contributed by atoms with van der Waals surface area (Å²) in [5.41, 5.74) is 2.26. The molecule has 1 heterocycles. The number of unbranched alkanes of at least 4 members (excludes halogenated alkanes) is 1. The van der Waals surface area contributed by atoms with Crippen molar-refractivity contribution >= 4 is 5.69 Å². The predicted molar refractivity (Wildman–Crippen MR) is 83.7 cm³/mol. The molecule has 0 amide bonds. The van der Waals surface area contributed by atoms with Gasteiger partial charge in [-0.1, -0.05) is 38.8 Å². The Balaban J connectivity index is 2.11. The maximum Gasteiger partial charge on any atom is 0.163 e. The molecule has 0 fully saturated rings. The van der Waals surface area contributed by atoms with Gasteiger partial charge in [-0.2, -0.15) is 0 Å². The number of nitrogens with zero attached hydrogens (tertiary/aromatic N) is 3. The van der Waals surface area contributed by atoms with Crippen molar-refractivity contribution in [2.45, 2.75) is 45.6 Å². The lowest BCUT2D eigenvalue weighted by Crippen LogP contribution is -2.18. The maximum absolute atomic E-state index is 4.16. The van der Waals surface area contributed by atoms with Crippen LogP contribution in [0.5, 0.6) is 0 Å². The molecule has 0 radical (unpaired) electrons. The number of aromatic nitrogens is 3. The minimum atomic E-state index is 0.546. The van der Waals surface area contributed by atoms with Gasteiger partial charge in [0.25, 0.3) is 0 Å². The molecule has 1 N–H and O–H groups in total. The van der Waals surface area contributed by atoms with E-state index in [4.69, 9.17) is 0 Å². The first-order valence-electron chi connectivity index (χ1n) is 7.45. The molecule has 20 heavy (non-hydrogen) atoms. The van der Waals surface area contributed by atoms with E-state index >= 15 is 0 Å². The first-order chi connectivity index (χ1) is 9.74. The number of nitrogens with one attached hydrogen (secondary N) is 1. The smallest absolute Gasteiger partial charge is 0.163 e. The van der Waals surface area contributed by atoms with Crippen LogP contribution in [-0.4, -0.2) is 20.8 Å². The zero-order valence-corrected chi connectivity index (χ0v) is 12.6. The maximum atomic E-state index is 4.16. The largest absolute Gasteiger partial charge is 0.382 e. The Kier molecular flexibility index (Phi) is 5.16. The van der Waals surface area contributed by atoms with E-state index in [0.717, 1.165) is 23.5 Å². The van der Waals surface area contributed by atoms with Gasteiger partial charge in [-0.05, 0) is 25.0 Å². The third-order valence-corrected chi connectivity index (χ3v) is 3.60. The van der Waals surface area contributed by atoms with E-state index < -0.39 is 0 Å². The summed E-state index contributed by atoms with van der Waals surface area (Å²) in [6, 6.07) is 8.96. The van der Waals surface area contributed by atoms with Crippen LogP contribution in [0, 0.1) is 0 Å². The van der Waals surface area contributed by atoms with E-state index in [9.17, 15) is 0 Å². The monoisotopic (exact) mass is 272 g/mol. The van der Waals surface area contributed by atoms with Crippen LogP contribution < -0.4 is 5.32 Å². The van der Waals surface area contributed by atoms with Gasteiger partial charge < -0.3 is 9.88 Å². The minimum absolute atomic E-state index is 0.546. The van der Waals surface area contributed by atoms with Gasteiger partial charge in [0.05, 0.1) is 0 Å². The van der Waals surface area contributed by atoms with Crippen molar-refractivity contribution in [1.82, 2.24) is 14.8 Å². The Morgan fingerprint density at radius 1 is 1.30 bits per heavy atom. The normalized spacial score (nSPS) is 12.3. The molecular weight excluding hydrogens is 248 g/mol. The molecular formula is C16H24N4. The van der Waals surface area contributed by atoms with Crippen LogP contribution in [0.3, 0.4) is 0 Å². The van der Waals surface area contributed by atoms with Crippen LogP contribution in [0.25, 0.3) is 11.4 Å². The lowest BCUT2D eigenvalue weighted by atomic mass is 10.1. The highest BCUT2D eigenvalue weighted by atomic mass is 15.2. The summed E-state index contributed by atoms with van der Waals surface area (Å²) in [6.07, 6.45) is 6.62. The summed E-state index contributed by atoms with van der Waals surface area (Å²) >= 11 is 0. The highest BCUT2D eigenvalue weighted by Crippen LogP contribution is 2.21. The summed E-state index contributed by atoms with van der Waals surface area (Å²) in [5, 5.41) is 11.7. The molecule has 0 saturated carbocycles. The lowest BCUT2D eigenvalue weighted by molar-refractivity contribution is 0.593. The van der Waals surface area contributed by atoms with Crippen LogP contribution in [-0.2, 0) is 7.05 Å². The summed E-state index contributed by atoms with van der Waals surface area (Å²) in [7, 11) is 1.96. The minimum Gasteiger partial charge on any atom is -0.382 e. The molecule has 0 aliphatic carbocycles. The fourth-order valence-electron chi connectivity index (χ4n) is 2.36. The predicted octanol–water partition coefficient (Wildman–Crippen LogP) is 3.86. The number of hydrogen-bond acceptors (Lipinski definition) is 3. The topological polar surface area (TPSA) is 42.7 Å². The molecule has 0 aliphatic rings. The van der Waals surface area contributed by atoms with Crippen LogP contribution >= 0.6 is 0 Å². The van der Waals surface area contributed by atoms with Gasteiger partial charge in [0.2, 0.25) is 0 Å². The van der Waals surface area contributed by atoms with Gasteiger partial charge in [0, 0.05) is 24.3 Å². The van der Waals surface area contributed by atoms with Crippen molar-refractivity contribution in [3.8, 4) is 11.4 Å². The molecule has 0 spiro atoms. The van der Waals surface area contributed by atoms with Crippen molar-refractivity contribution in [3.05, 3.63) is 30.6 Å². The fraction of sp³-hybridized carbons (Fsp3) is 0.500. The van der Waals surface area contributed by atoms with Crippen LogP contribution in [0.15, 0.2) is 30.6 Å². The van der Waals surface area contributed by atoms with Crippen molar-refractivity contribution in [2.24, 2.45) is 7.05 Å². The lowest BCUT2D eigenvalue weighted by Gasteiger charge is -2.18. The molecule has 0 saturated heterocycles. The van der Waals surface area contributed by atoms with E-state index in [1.54, 1.807) is 6.33 Å². The number of rotatable bonds is 7. The average molecular weight is 272 g/mol. The zero-order chi connectivity index (χ0) is 14.4. The Morgan fingerprint density at radius 3 is 2.80 bits per heavy atom. The van der Waals surface area contributed by atoms with E-state index in [2.05, 4.69) is 53.6 Å². The summed E-state index contributed by atoms with van der Waals surface area (Å²) in [5.74, 6) is 0.898. The van der Waals surface area contributed by atoms with E-state index in [1.807, 2.05) is 11.6 Å². The summed E-state index contributed by atoms with van der Waals surface area (Å²) in [4.78, 5) is 0. The number of anilines is 1. The van der Waals surface area contributed by atoms with Crippen LogP contribution in [0.2, 0.25) is 0 Å². The molecule has 2 aromatic rings. The van der Waals surface area contributed by atoms with Crippen LogP contribution in [0.1, 0.15) is 39.5 Å².